The molecule has 1 fully saturated rings. The topological polar surface area (TPSA) is 78.8 Å². The van der Waals surface area contributed by atoms with Crippen molar-refractivity contribution in [3.05, 3.63) is 58.7 Å². The van der Waals surface area contributed by atoms with Gasteiger partial charge in [0.25, 0.3) is 0 Å². The number of fused-ring (bicyclic) bond motifs is 1. The number of thioether (sulfide) groups is 1. The molecule has 0 radical (unpaired) electrons. The molecule has 4 rings (SSSR count). The molecule has 0 unspecified atom stereocenters. The molecule has 1 amide bonds. The average molecular weight is 458 g/mol. The van der Waals surface area contributed by atoms with Crippen molar-refractivity contribution in [3.63, 3.8) is 0 Å². The predicted octanol–water partition coefficient (Wildman–Crippen LogP) is 3.63. The number of nitrogens with zero attached hydrogens (tertiary/aromatic N) is 2. The molecular weight excluding hydrogens is 430 g/mol. The lowest BCUT2D eigenvalue weighted by Gasteiger charge is -2.28. The van der Waals surface area contributed by atoms with Crippen molar-refractivity contribution in [1.29, 1.82) is 0 Å². The number of hydrogen-bond donors (Lipinski definition) is 1. The minimum atomic E-state index is -3.11. The number of rotatable bonds is 4. The zero-order valence-electron chi connectivity index (χ0n) is 18.2. The Morgan fingerprint density at radius 2 is 1.77 bits per heavy atom. The molecule has 2 aliphatic heterocycles. The normalized spacial score (nSPS) is 21.7. The van der Waals surface area contributed by atoms with Crippen LogP contribution in [0.3, 0.4) is 0 Å². The highest BCUT2D eigenvalue weighted by Crippen LogP contribution is 2.36. The fraction of sp³-hybridized carbons (Fsp3) is 0.391. The highest BCUT2D eigenvalue weighted by atomic mass is 32.2. The number of anilines is 2. The molecule has 2 aromatic rings. The van der Waals surface area contributed by atoms with Gasteiger partial charge in [-0.25, -0.2) is 8.42 Å². The number of amidine groups is 1. The summed E-state index contributed by atoms with van der Waals surface area (Å²) in [5, 5.41) is 3.70. The Hall–Kier alpha value is -2.32. The van der Waals surface area contributed by atoms with Crippen LogP contribution >= 0.6 is 11.8 Å². The number of aryl methyl sites for hydroxylation is 4. The molecule has 2 aromatic carbocycles. The Kier molecular flexibility index (Phi) is 5.87. The minimum Gasteiger partial charge on any atom is -0.325 e. The van der Waals surface area contributed by atoms with Gasteiger partial charge in [0.1, 0.15) is 0 Å². The average Bonchev–Trinajstić information content (AvgIpc) is 3.14. The van der Waals surface area contributed by atoms with E-state index in [2.05, 4.69) is 11.4 Å². The number of nitrogens with one attached hydrogen (secondary N) is 1. The Balaban J connectivity index is 1.54. The van der Waals surface area contributed by atoms with Crippen LogP contribution < -0.4 is 10.2 Å². The molecule has 8 heteroatoms. The van der Waals surface area contributed by atoms with Crippen molar-refractivity contribution in [2.75, 3.05) is 27.5 Å². The minimum absolute atomic E-state index is 0.0673. The maximum atomic E-state index is 12.6. The van der Waals surface area contributed by atoms with Crippen molar-refractivity contribution >= 4 is 44.0 Å². The molecule has 0 aromatic heterocycles. The van der Waals surface area contributed by atoms with Gasteiger partial charge in [0, 0.05) is 11.4 Å². The standard InChI is InChI=1S/C23H27N3O3S2/c1-14-6-8-20(17(4)9-14)26-21-13-31(28,29)12-19(21)25-23(26)30-11-22(27)24-18-10-15(2)5-7-16(18)3/h5-10,19,21H,11-13H2,1-4H3,(H,24,27)/t19-,21-/m0/s1. The van der Waals surface area contributed by atoms with Gasteiger partial charge in [0.2, 0.25) is 5.91 Å². The van der Waals surface area contributed by atoms with Gasteiger partial charge in [-0.2, -0.15) is 0 Å². The highest BCUT2D eigenvalue weighted by molar-refractivity contribution is 8.14. The van der Waals surface area contributed by atoms with Gasteiger partial charge >= 0.3 is 0 Å². The van der Waals surface area contributed by atoms with E-state index in [1.165, 1.54) is 11.8 Å². The van der Waals surface area contributed by atoms with E-state index >= 15 is 0 Å². The van der Waals surface area contributed by atoms with E-state index in [1.54, 1.807) is 0 Å². The molecule has 2 heterocycles. The Labute approximate surface area is 188 Å². The Morgan fingerprint density at radius 1 is 1.06 bits per heavy atom. The summed E-state index contributed by atoms with van der Waals surface area (Å²) in [6, 6.07) is 11.6. The van der Waals surface area contributed by atoms with E-state index in [0.29, 0.717) is 5.17 Å². The summed E-state index contributed by atoms with van der Waals surface area (Å²) in [5.74, 6) is 0.261. The maximum Gasteiger partial charge on any atom is 0.234 e. The molecule has 2 atom stereocenters. The third-order valence-electron chi connectivity index (χ3n) is 5.72. The first-order valence-electron chi connectivity index (χ1n) is 10.3. The van der Waals surface area contributed by atoms with E-state index in [4.69, 9.17) is 4.99 Å². The third-order valence-corrected chi connectivity index (χ3v) is 8.38. The second-order valence-corrected chi connectivity index (χ2v) is 11.5. The summed E-state index contributed by atoms with van der Waals surface area (Å²) in [6.07, 6.45) is 0. The van der Waals surface area contributed by atoms with Crippen molar-refractivity contribution in [2.45, 2.75) is 39.8 Å². The van der Waals surface area contributed by atoms with E-state index in [-0.39, 0.29) is 35.2 Å². The zero-order valence-corrected chi connectivity index (χ0v) is 19.8. The van der Waals surface area contributed by atoms with Crippen molar-refractivity contribution in [3.8, 4) is 0 Å². The van der Waals surface area contributed by atoms with Crippen LogP contribution in [-0.2, 0) is 14.6 Å². The second kappa shape index (κ2) is 8.31. The van der Waals surface area contributed by atoms with Crippen LogP contribution in [0.25, 0.3) is 0 Å². The molecule has 1 N–H and O–H groups in total. The van der Waals surface area contributed by atoms with Crippen molar-refractivity contribution in [1.82, 2.24) is 0 Å². The van der Waals surface area contributed by atoms with Gasteiger partial charge in [0.05, 0.1) is 29.3 Å². The van der Waals surface area contributed by atoms with Crippen LogP contribution in [0.5, 0.6) is 0 Å². The Bertz CT molecular complexity index is 1170. The number of benzene rings is 2. The number of sulfone groups is 1. The van der Waals surface area contributed by atoms with Crippen LogP contribution in [0.2, 0.25) is 0 Å². The molecule has 0 bridgehead atoms. The summed E-state index contributed by atoms with van der Waals surface area (Å²) >= 11 is 1.36. The van der Waals surface area contributed by atoms with Crippen molar-refractivity contribution in [2.24, 2.45) is 4.99 Å². The molecule has 0 aliphatic carbocycles. The Morgan fingerprint density at radius 3 is 2.52 bits per heavy atom. The first-order valence-corrected chi connectivity index (χ1v) is 13.1. The molecule has 31 heavy (non-hydrogen) atoms. The van der Waals surface area contributed by atoms with Gasteiger partial charge in [-0.15, -0.1) is 0 Å². The highest BCUT2D eigenvalue weighted by Gasteiger charge is 2.47. The second-order valence-electron chi connectivity index (χ2n) is 8.44. The van der Waals surface area contributed by atoms with E-state index in [1.807, 2.05) is 62.9 Å². The van der Waals surface area contributed by atoms with Gasteiger partial charge in [-0.1, -0.05) is 41.6 Å². The quantitative estimate of drug-likeness (QED) is 0.758. The van der Waals surface area contributed by atoms with Gasteiger partial charge in [-0.3, -0.25) is 9.79 Å². The van der Waals surface area contributed by atoms with E-state index in [0.717, 1.165) is 33.6 Å². The molecule has 1 saturated heterocycles. The number of aliphatic imine (C=N–C) groups is 1. The van der Waals surface area contributed by atoms with Crippen LogP contribution in [0.1, 0.15) is 22.3 Å². The first kappa shape index (κ1) is 21.9. The molecule has 6 nitrogen and oxygen atoms in total. The maximum absolute atomic E-state index is 12.6. The predicted molar refractivity (Wildman–Crippen MR) is 129 cm³/mol. The fourth-order valence-corrected chi connectivity index (χ4v) is 6.94. The number of amides is 1. The summed E-state index contributed by atoms with van der Waals surface area (Å²) in [7, 11) is -3.11. The lowest BCUT2D eigenvalue weighted by atomic mass is 10.1. The van der Waals surface area contributed by atoms with Crippen LogP contribution in [0.4, 0.5) is 11.4 Å². The molecule has 0 saturated carbocycles. The summed E-state index contributed by atoms with van der Waals surface area (Å²) in [6.45, 7) is 8.01. The van der Waals surface area contributed by atoms with E-state index < -0.39 is 9.84 Å². The van der Waals surface area contributed by atoms with Crippen LogP contribution in [0, 0.1) is 27.7 Å². The van der Waals surface area contributed by atoms with Crippen LogP contribution in [-0.4, -0.2) is 48.8 Å². The number of carbonyl (C=O) groups excluding carboxylic acids is 1. The van der Waals surface area contributed by atoms with E-state index in [9.17, 15) is 13.2 Å². The van der Waals surface area contributed by atoms with Crippen molar-refractivity contribution < 1.29 is 13.2 Å². The number of hydrogen-bond acceptors (Lipinski definition) is 6. The largest absolute Gasteiger partial charge is 0.325 e. The third kappa shape index (κ3) is 4.65. The lowest BCUT2D eigenvalue weighted by molar-refractivity contribution is -0.113. The SMILES string of the molecule is Cc1ccc(N2C(SCC(=O)Nc3cc(C)ccc3C)=N[C@H]3CS(=O)(=O)C[C@@H]32)c(C)c1. The summed E-state index contributed by atoms with van der Waals surface area (Å²) < 4.78 is 24.5. The smallest absolute Gasteiger partial charge is 0.234 e. The molecular formula is C23H27N3O3S2. The van der Waals surface area contributed by atoms with Gasteiger partial charge in [0.15, 0.2) is 15.0 Å². The van der Waals surface area contributed by atoms with Gasteiger partial charge < -0.3 is 10.2 Å². The van der Waals surface area contributed by atoms with Gasteiger partial charge in [-0.05, 0) is 56.5 Å². The molecule has 2 aliphatic rings. The zero-order chi connectivity index (χ0) is 22.3. The lowest BCUT2D eigenvalue weighted by Crippen LogP contribution is -2.39. The summed E-state index contributed by atoms with van der Waals surface area (Å²) in [4.78, 5) is 19.4. The monoisotopic (exact) mass is 457 g/mol. The van der Waals surface area contributed by atoms with Crippen LogP contribution in [0.15, 0.2) is 41.4 Å². The summed E-state index contributed by atoms with van der Waals surface area (Å²) in [5.41, 5.74) is 6.08. The number of carbonyl (C=O) groups is 1. The fourth-order valence-electron chi connectivity index (χ4n) is 4.18. The molecule has 0 spiro atoms. The molecule has 164 valence electrons. The first-order chi connectivity index (χ1) is 14.6.